The Kier molecular flexibility index (Phi) is 5.90. The average molecular weight is 395 g/mol. The number of carbonyl (C=O) groups is 1. The zero-order valence-corrected chi connectivity index (χ0v) is 15.5. The van der Waals surface area contributed by atoms with Crippen molar-refractivity contribution in [2.75, 3.05) is 31.9 Å². The van der Waals surface area contributed by atoms with Gasteiger partial charge in [-0.25, -0.2) is 12.8 Å². The quantitative estimate of drug-likeness (QED) is 0.723. The van der Waals surface area contributed by atoms with Crippen molar-refractivity contribution in [3.63, 3.8) is 0 Å². The van der Waals surface area contributed by atoms with Gasteiger partial charge in [-0.15, -0.1) is 11.8 Å². The van der Waals surface area contributed by atoms with E-state index < -0.39 is 10.0 Å². The molecular formula is C17H18FN3O3S2. The summed E-state index contributed by atoms with van der Waals surface area (Å²) in [5.74, 6) is -0.134. The zero-order chi connectivity index (χ0) is 18.6. The lowest BCUT2D eigenvalue weighted by Crippen LogP contribution is -2.50. The van der Waals surface area contributed by atoms with Gasteiger partial charge in [0.05, 0.1) is 5.75 Å². The normalized spacial score (nSPS) is 15.8. The molecule has 138 valence electrons. The lowest BCUT2D eigenvalue weighted by atomic mass is 10.3. The molecule has 0 radical (unpaired) electrons. The molecule has 2 aromatic rings. The maximum Gasteiger partial charge on any atom is 0.244 e. The fraction of sp³-hybridized carbons (Fsp3) is 0.294. The van der Waals surface area contributed by atoms with Crippen LogP contribution in [0.5, 0.6) is 0 Å². The SMILES string of the molecule is O=C(CSc1ccc(F)cc1)N1CCN(S(=O)(=O)c2cccnc2)CC1. The van der Waals surface area contributed by atoms with Gasteiger partial charge in [0.1, 0.15) is 10.7 Å². The summed E-state index contributed by atoms with van der Waals surface area (Å²) in [5, 5.41) is 0. The monoisotopic (exact) mass is 395 g/mol. The van der Waals surface area contributed by atoms with Crippen molar-refractivity contribution in [2.45, 2.75) is 9.79 Å². The Labute approximate surface area is 156 Å². The summed E-state index contributed by atoms with van der Waals surface area (Å²) in [7, 11) is -3.58. The summed E-state index contributed by atoms with van der Waals surface area (Å²) in [6, 6.07) is 9.07. The van der Waals surface area contributed by atoms with E-state index in [0.717, 1.165) is 4.90 Å². The fourth-order valence-electron chi connectivity index (χ4n) is 2.59. The number of amides is 1. The third-order valence-electron chi connectivity index (χ3n) is 4.04. The molecule has 3 rings (SSSR count). The van der Waals surface area contributed by atoms with E-state index in [4.69, 9.17) is 0 Å². The summed E-state index contributed by atoms with van der Waals surface area (Å²) in [4.78, 5) is 18.8. The molecule has 1 aromatic heterocycles. The number of hydrogen-bond acceptors (Lipinski definition) is 5. The molecule has 0 aliphatic carbocycles. The molecule has 2 heterocycles. The number of hydrogen-bond donors (Lipinski definition) is 0. The van der Waals surface area contributed by atoms with Crippen LogP contribution < -0.4 is 0 Å². The largest absolute Gasteiger partial charge is 0.339 e. The molecule has 1 aliphatic heterocycles. The van der Waals surface area contributed by atoms with Crippen molar-refractivity contribution in [2.24, 2.45) is 0 Å². The summed E-state index contributed by atoms with van der Waals surface area (Å²) < 4.78 is 39.4. The molecule has 1 amide bonds. The fourth-order valence-corrected chi connectivity index (χ4v) is 4.78. The number of nitrogens with zero attached hydrogens (tertiary/aromatic N) is 3. The van der Waals surface area contributed by atoms with Crippen LogP contribution in [0.15, 0.2) is 58.6 Å². The summed E-state index contributed by atoms with van der Waals surface area (Å²) >= 11 is 1.34. The van der Waals surface area contributed by atoms with Crippen LogP contribution in [0.3, 0.4) is 0 Å². The minimum atomic E-state index is -3.58. The van der Waals surface area contributed by atoms with Crippen LogP contribution in [0.4, 0.5) is 4.39 Å². The Morgan fingerprint density at radius 3 is 2.42 bits per heavy atom. The third kappa shape index (κ3) is 4.40. The van der Waals surface area contributed by atoms with Crippen molar-refractivity contribution in [1.29, 1.82) is 0 Å². The van der Waals surface area contributed by atoms with E-state index >= 15 is 0 Å². The molecule has 26 heavy (non-hydrogen) atoms. The standard InChI is InChI=1S/C17H18FN3O3S2/c18-14-3-5-15(6-4-14)25-13-17(22)20-8-10-21(11-9-20)26(23,24)16-2-1-7-19-12-16/h1-7,12H,8-11,13H2. The average Bonchev–Trinajstić information content (AvgIpc) is 2.68. The van der Waals surface area contributed by atoms with Gasteiger partial charge in [0, 0.05) is 43.5 Å². The highest BCUT2D eigenvalue weighted by atomic mass is 32.2. The van der Waals surface area contributed by atoms with Gasteiger partial charge in [-0.2, -0.15) is 4.31 Å². The second kappa shape index (κ2) is 8.15. The molecule has 0 unspecified atom stereocenters. The first-order valence-electron chi connectivity index (χ1n) is 8.03. The molecule has 9 heteroatoms. The van der Waals surface area contributed by atoms with Crippen molar-refractivity contribution in [3.05, 3.63) is 54.6 Å². The summed E-state index contributed by atoms with van der Waals surface area (Å²) in [5.41, 5.74) is 0. The molecule has 1 aromatic carbocycles. The number of benzene rings is 1. The third-order valence-corrected chi connectivity index (χ3v) is 6.92. The van der Waals surface area contributed by atoms with Gasteiger partial charge in [0.2, 0.25) is 15.9 Å². The smallest absolute Gasteiger partial charge is 0.244 e. The van der Waals surface area contributed by atoms with Gasteiger partial charge in [0.15, 0.2) is 0 Å². The lowest BCUT2D eigenvalue weighted by molar-refractivity contribution is -0.129. The molecule has 0 bridgehead atoms. The topological polar surface area (TPSA) is 70.6 Å². The molecule has 1 fully saturated rings. The molecule has 6 nitrogen and oxygen atoms in total. The first kappa shape index (κ1) is 18.8. The predicted octanol–water partition coefficient (Wildman–Crippen LogP) is 1.85. The Morgan fingerprint density at radius 1 is 1.12 bits per heavy atom. The first-order valence-corrected chi connectivity index (χ1v) is 10.5. The molecular weight excluding hydrogens is 377 g/mol. The number of pyridine rings is 1. The van der Waals surface area contributed by atoms with Crippen LogP contribution in [0.2, 0.25) is 0 Å². The summed E-state index contributed by atoms with van der Waals surface area (Å²) in [6.45, 7) is 1.21. The predicted molar refractivity (Wildman–Crippen MR) is 96.7 cm³/mol. The lowest BCUT2D eigenvalue weighted by Gasteiger charge is -2.33. The first-order chi connectivity index (χ1) is 12.5. The van der Waals surface area contributed by atoms with Gasteiger partial charge >= 0.3 is 0 Å². The second-order valence-corrected chi connectivity index (χ2v) is 8.70. The minimum absolute atomic E-state index is 0.0576. The van der Waals surface area contributed by atoms with Gasteiger partial charge in [-0.05, 0) is 36.4 Å². The number of sulfonamides is 1. The maximum atomic E-state index is 12.9. The Balaban J connectivity index is 1.53. The van der Waals surface area contributed by atoms with Crippen LogP contribution in [0.25, 0.3) is 0 Å². The minimum Gasteiger partial charge on any atom is -0.339 e. The van der Waals surface area contributed by atoms with Crippen molar-refractivity contribution < 1.29 is 17.6 Å². The van der Waals surface area contributed by atoms with Crippen molar-refractivity contribution in [1.82, 2.24) is 14.2 Å². The van der Waals surface area contributed by atoms with Gasteiger partial charge in [-0.3, -0.25) is 9.78 Å². The van der Waals surface area contributed by atoms with Crippen molar-refractivity contribution in [3.8, 4) is 0 Å². The van der Waals surface area contributed by atoms with E-state index in [9.17, 15) is 17.6 Å². The summed E-state index contributed by atoms with van der Waals surface area (Å²) in [6.07, 6.45) is 2.85. The number of thioether (sulfide) groups is 1. The number of carbonyl (C=O) groups excluding carboxylic acids is 1. The van der Waals surface area contributed by atoms with E-state index in [1.807, 2.05) is 0 Å². The molecule has 0 saturated carbocycles. The van der Waals surface area contributed by atoms with Crippen LogP contribution in [-0.4, -0.2) is 60.4 Å². The second-order valence-electron chi connectivity index (χ2n) is 5.72. The van der Waals surface area contributed by atoms with Crippen LogP contribution in [-0.2, 0) is 14.8 Å². The van der Waals surface area contributed by atoms with E-state index in [1.165, 1.54) is 46.7 Å². The highest BCUT2D eigenvalue weighted by Gasteiger charge is 2.30. The highest BCUT2D eigenvalue weighted by Crippen LogP contribution is 2.20. The molecule has 0 N–H and O–H groups in total. The van der Waals surface area contributed by atoms with Crippen LogP contribution in [0, 0.1) is 5.82 Å². The van der Waals surface area contributed by atoms with Crippen LogP contribution in [0.1, 0.15) is 0 Å². The van der Waals surface area contributed by atoms with E-state index in [2.05, 4.69) is 4.98 Å². The highest BCUT2D eigenvalue weighted by molar-refractivity contribution is 8.00. The van der Waals surface area contributed by atoms with E-state index in [-0.39, 0.29) is 35.5 Å². The van der Waals surface area contributed by atoms with Crippen molar-refractivity contribution >= 4 is 27.7 Å². The molecule has 0 atom stereocenters. The Hall–Kier alpha value is -1.97. The van der Waals surface area contributed by atoms with Gasteiger partial charge in [0.25, 0.3) is 0 Å². The molecule has 1 saturated heterocycles. The van der Waals surface area contributed by atoms with Crippen LogP contribution >= 0.6 is 11.8 Å². The number of aromatic nitrogens is 1. The van der Waals surface area contributed by atoms with Gasteiger partial charge < -0.3 is 4.90 Å². The Morgan fingerprint density at radius 2 is 1.81 bits per heavy atom. The zero-order valence-electron chi connectivity index (χ0n) is 13.9. The number of rotatable bonds is 5. The maximum absolute atomic E-state index is 12.9. The Bertz CT molecular complexity index is 853. The molecule has 0 spiro atoms. The number of piperazine rings is 1. The van der Waals surface area contributed by atoms with Gasteiger partial charge in [-0.1, -0.05) is 0 Å². The van der Waals surface area contributed by atoms with E-state index in [0.29, 0.717) is 13.1 Å². The molecule has 1 aliphatic rings. The van der Waals surface area contributed by atoms with E-state index in [1.54, 1.807) is 23.1 Å². The number of halogens is 1.